The highest BCUT2D eigenvalue weighted by Gasteiger charge is 2.19. The van der Waals surface area contributed by atoms with Gasteiger partial charge in [-0.15, -0.1) is 0 Å². The van der Waals surface area contributed by atoms with Gasteiger partial charge < -0.3 is 4.90 Å². The van der Waals surface area contributed by atoms with Crippen LogP contribution in [0.1, 0.15) is 31.8 Å². The van der Waals surface area contributed by atoms with Crippen molar-refractivity contribution < 1.29 is 18.0 Å². The molecule has 0 atom stereocenters. The van der Waals surface area contributed by atoms with Crippen molar-refractivity contribution in [2.45, 2.75) is 18.7 Å². The zero-order chi connectivity index (χ0) is 24.2. The normalized spacial score (nSPS) is 10.9. The van der Waals surface area contributed by atoms with Gasteiger partial charge in [0.2, 0.25) is 0 Å². The molecule has 8 nitrogen and oxygen atoms in total. The molecule has 0 radical (unpaired) electrons. The van der Waals surface area contributed by atoms with Crippen molar-refractivity contribution in [2.75, 3.05) is 23.7 Å². The van der Waals surface area contributed by atoms with Crippen molar-refractivity contribution in [3.63, 3.8) is 0 Å². The topological polar surface area (TPSA) is 108 Å². The van der Waals surface area contributed by atoms with Gasteiger partial charge in [0.1, 0.15) is 0 Å². The molecule has 3 rings (SSSR count). The van der Waals surface area contributed by atoms with Gasteiger partial charge in [0.15, 0.2) is 0 Å². The Morgan fingerprint density at radius 1 is 0.818 bits per heavy atom. The van der Waals surface area contributed by atoms with Crippen LogP contribution in [0.5, 0.6) is 0 Å². The number of rotatable bonds is 6. The van der Waals surface area contributed by atoms with E-state index in [-0.39, 0.29) is 10.5 Å². The minimum atomic E-state index is -3.91. The van der Waals surface area contributed by atoms with Gasteiger partial charge in [0.05, 0.1) is 4.90 Å². The van der Waals surface area contributed by atoms with E-state index in [2.05, 4.69) is 15.6 Å². The second-order valence-electron chi connectivity index (χ2n) is 7.80. The van der Waals surface area contributed by atoms with Gasteiger partial charge in [0, 0.05) is 36.6 Å². The van der Waals surface area contributed by atoms with Crippen LogP contribution in [0.2, 0.25) is 0 Å². The van der Waals surface area contributed by atoms with Gasteiger partial charge >= 0.3 is 0 Å². The molecule has 9 heteroatoms. The number of nitrogens with zero attached hydrogens (tertiary/aromatic N) is 1. The summed E-state index contributed by atoms with van der Waals surface area (Å²) in [5.74, 6) is -1.12. The molecular weight excluding hydrogens is 440 g/mol. The number of hydrazine groups is 1. The quantitative estimate of drug-likeness (QED) is 0.484. The summed E-state index contributed by atoms with van der Waals surface area (Å²) < 4.78 is 28.1. The fourth-order valence-corrected chi connectivity index (χ4v) is 4.11. The number of sulfonamides is 1. The summed E-state index contributed by atoms with van der Waals surface area (Å²) in [5, 5.41) is 0. The lowest BCUT2D eigenvalue weighted by Gasteiger charge is -2.14. The Balaban J connectivity index is 1.74. The molecule has 33 heavy (non-hydrogen) atoms. The Kier molecular flexibility index (Phi) is 7.03. The van der Waals surface area contributed by atoms with E-state index in [1.165, 1.54) is 12.1 Å². The van der Waals surface area contributed by atoms with Gasteiger partial charge in [-0.2, -0.15) is 0 Å². The number of benzene rings is 3. The average Bonchev–Trinajstić information content (AvgIpc) is 2.78. The Bertz CT molecular complexity index is 1290. The Morgan fingerprint density at radius 2 is 1.48 bits per heavy atom. The number of hydrogen-bond donors (Lipinski definition) is 3. The van der Waals surface area contributed by atoms with E-state index >= 15 is 0 Å². The highest BCUT2D eigenvalue weighted by Crippen LogP contribution is 2.20. The zero-order valence-electron chi connectivity index (χ0n) is 18.8. The highest BCUT2D eigenvalue weighted by atomic mass is 32.2. The third-order valence-corrected chi connectivity index (χ3v) is 6.36. The number of amides is 2. The molecule has 0 aliphatic heterocycles. The molecule has 2 amide bonds. The fourth-order valence-electron chi connectivity index (χ4n) is 3.03. The van der Waals surface area contributed by atoms with Crippen LogP contribution in [-0.4, -0.2) is 34.3 Å². The molecule has 3 aromatic rings. The van der Waals surface area contributed by atoms with E-state index in [1.807, 2.05) is 32.0 Å². The lowest BCUT2D eigenvalue weighted by Crippen LogP contribution is -2.42. The molecule has 0 heterocycles. The first-order valence-electron chi connectivity index (χ1n) is 10.1. The van der Waals surface area contributed by atoms with Gasteiger partial charge in [-0.1, -0.05) is 29.8 Å². The van der Waals surface area contributed by atoms with Crippen molar-refractivity contribution in [2.24, 2.45) is 0 Å². The molecule has 0 saturated carbocycles. The Hall–Kier alpha value is -3.85. The van der Waals surface area contributed by atoms with Crippen LogP contribution >= 0.6 is 0 Å². The summed E-state index contributed by atoms with van der Waals surface area (Å²) in [5.41, 5.74) is 8.04. The van der Waals surface area contributed by atoms with Crippen molar-refractivity contribution in [3.8, 4) is 0 Å². The third kappa shape index (κ3) is 5.89. The van der Waals surface area contributed by atoms with Crippen molar-refractivity contribution in [1.82, 2.24) is 10.9 Å². The monoisotopic (exact) mass is 466 g/mol. The molecule has 0 fully saturated rings. The van der Waals surface area contributed by atoms with Gasteiger partial charge in [-0.05, 0) is 61.9 Å². The van der Waals surface area contributed by atoms with Crippen LogP contribution in [0.25, 0.3) is 0 Å². The van der Waals surface area contributed by atoms with Crippen LogP contribution < -0.4 is 20.5 Å². The number of carbonyl (C=O) groups is 2. The number of hydrogen-bond acceptors (Lipinski definition) is 5. The maximum atomic E-state index is 12.8. The second-order valence-corrected chi connectivity index (χ2v) is 9.48. The maximum absolute atomic E-state index is 12.8. The number of carbonyl (C=O) groups excluding carboxylic acids is 2. The predicted octanol–water partition coefficient (Wildman–Crippen LogP) is 3.25. The van der Waals surface area contributed by atoms with E-state index in [4.69, 9.17) is 0 Å². The molecule has 3 N–H and O–H groups in total. The molecule has 0 unspecified atom stereocenters. The second kappa shape index (κ2) is 9.74. The first kappa shape index (κ1) is 23.8. The molecule has 172 valence electrons. The first-order valence-corrected chi connectivity index (χ1v) is 11.6. The highest BCUT2D eigenvalue weighted by molar-refractivity contribution is 7.92. The smallest absolute Gasteiger partial charge is 0.270 e. The average molecular weight is 467 g/mol. The molecule has 0 bridgehead atoms. The fraction of sp³-hybridized carbons (Fsp3) is 0.167. The van der Waals surface area contributed by atoms with Crippen LogP contribution in [0.15, 0.2) is 71.6 Å². The first-order chi connectivity index (χ1) is 15.6. The zero-order valence-corrected chi connectivity index (χ0v) is 19.7. The van der Waals surface area contributed by atoms with Crippen molar-refractivity contribution >= 4 is 33.2 Å². The van der Waals surface area contributed by atoms with Crippen LogP contribution in [-0.2, 0) is 10.0 Å². The summed E-state index contributed by atoms with van der Waals surface area (Å²) >= 11 is 0. The van der Waals surface area contributed by atoms with Crippen molar-refractivity contribution in [3.05, 3.63) is 89.0 Å². The molecule has 0 aliphatic carbocycles. The van der Waals surface area contributed by atoms with Crippen molar-refractivity contribution in [1.29, 1.82) is 0 Å². The van der Waals surface area contributed by atoms with Crippen LogP contribution in [0.3, 0.4) is 0 Å². The Labute approximate surface area is 193 Å². The van der Waals surface area contributed by atoms with E-state index in [9.17, 15) is 18.0 Å². The largest absolute Gasteiger partial charge is 0.378 e. The third-order valence-electron chi connectivity index (χ3n) is 4.98. The summed E-state index contributed by atoms with van der Waals surface area (Å²) in [7, 11) is -0.193. The lowest BCUT2D eigenvalue weighted by atomic mass is 10.1. The van der Waals surface area contributed by atoms with Gasteiger partial charge in [0.25, 0.3) is 21.8 Å². The van der Waals surface area contributed by atoms with E-state index in [0.29, 0.717) is 16.8 Å². The summed E-state index contributed by atoms with van der Waals surface area (Å²) in [4.78, 5) is 26.9. The predicted molar refractivity (Wildman–Crippen MR) is 129 cm³/mol. The summed E-state index contributed by atoms with van der Waals surface area (Å²) in [6.45, 7) is 3.59. The summed E-state index contributed by atoms with van der Waals surface area (Å²) in [6, 6.07) is 18.1. The van der Waals surface area contributed by atoms with E-state index in [1.54, 1.807) is 55.5 Å². The molecule has 0 aliphatic rings. The number of anilines is 2. The van der Waals surface area contributed by atoms with E-state index in [0.717, 1.165) is 11.3 Å². The molecule has 3 aromatic carbocycles. The number of aryl methyl sites for hydroxylation is 2. The lowest BCUT2D eigenvalue weighted by molar-refractivity contribution is 0.0846. The maximum Gasteiger partial charge on any atom is 0.270 e. The van der Waals surface area contributed by atoms with Crippen LogP contribution in [0, 0.1) is 13.8 Å². The minimum Gasteiger partial charge on any atom is -0.378 e. The molecule has 0 spiro atoms. The van der Waals surface area contributed by atoms with Gasteiger partial charge in [-0.3, -0.25) is 25.2 Å². The van der Waals surface area contributed by atoms with E-state index < -0.39 is 21.8 Å². The minimum absolute atomic E-state index is 0.0659. The standard InChI is InChI=1S/C24H26N4O4S/c1-16-8-11-19(12-9-16)27-33(31,32)21-13-10-17(2)22(15-21)24(30)26-25-23(29)18-6-5-7-20(14-18)28(3)4/h5-15,27H,1-4H3,(H,25,29)(H,26,30). The molecule has 0 saturated heterocycles. The summed E-state index contributed by atoms with van der Waals surface area (Å²) in [6.07, 6.45) is 0. The van der Waals surface area contributed by atoms with Gasteiger partial charge in [-0.25, -0.2) is 8.42 Å². The Morgan fingerprint density at radius 3 is 2.15 bits per heavy atom. The SMILES string of the molecule is Cc1ccc(NS(=O)(=O)c2ccc(C)c(C(=O)NNC(=O)c3cccc(N(C)C)c3)c2)cc1. The molecular formula is C24H26N4O4S. The van der Waals surface area contributed by atoms with Crippen LogP contribution in [0.4, 0.5) is 11.4 Å². The number of nitrogens with one attached hydrogen (secondary N) is 3. The molecule has 0 aromatic heterocycles.